The molecule has 0 fully saturated rings. The number of aryl methyl sites for hydroxylation is 1. The van der Waals surface area contributed by atoms with Gasteiger partial charge in [-0.2, -0.15) is 5.26 Å². The van der Waals surface area contributed by atoms with Crippen molar-refractivity contribution in [3.8, 4) is 17.5 Å². The number of fused-ring (bicyclic) bond motifs is 2. The summed E-state index contributed by atoms with van der Waals surface area (Å²) >= 11 is 1.65. The van der Waals surface area contributed by atoms with Crippen LogP contribution in [0.3, 0.4) is 0 Å². The van der Waals surface area contributed by atoms with Crippen molar-refractivity contribution in [1.29, 1.82) is 5.26 Å². The molecule has 0 bridgehead atoms. The van der Waals surface area contributed by atoms with E-state index in [1.54, 1.807) is 35.6 Å². The molecule has 5 rings (SSSR count). The summed E-state index contributed by atoms with van der Waals surface area (Å²) in [5, 5.41) is 12.9. The van der Waals surface area contributed by atoms with E-state index >= 15 is 0 Å². The van der Waals surface area contributed by atoms with Gasteiger partial charge in [-0.25, -0.2) is 4.98 Å². The van der Waals surface area contributed by atoms with Crippen LogP contribution in [0.5, 0.6) is 0 Å². The number of para-hydroxylation sites is 2. The van der Waals surface area contributed by atoms with Crippen molar-refractivity contribution in [2.45, 2.75) is 25.7 Å². The number of carbonyl (C=O) groups is 1. The number of hydrogen-bond acceptors (Lipinski definition) is 4. The number of rotatable bonds is 3. The van der Waals surface area contributed by atoms with Crippen LogP contribution in [-0.4, -0.2) is 15.9 Å². The van der Waals surface area contributed by atoms with E-state index in [4.69, 9.17) is 10.2 Å². The quantitative estimate of drug-likeness (QED) is 0.492. The first-order chi connectivity index (χ1) is 14.2. The number of nitrogens with zero attached hydrogens (tertiary/aromatic N) is 2. The number of thiophene rings is 1. The van der Waals surface area contributed by atoms with Gasteiger partial charge in [-0.15, -0.1) is 11.3 Å². The van der Waals surface area contributed by atoms with E-state index in [1.807, 2.05) is 24.3 Å². The number of imidazole rings is 1. The van der Waals surface area contributed by atoms with E-state index < -0.39 is 0 Å². The van der Waals surface area contributed by atoms with Crippen LogP contribution in [0.2, 0.25) is 0 Å². The van der Waals surface area contributed by atoms with Crippen LogP contribution in [0.1, 0.15) is 39.2 Å². The van der Waals surface area contributed by atoms with Gasteiger partial charge in [0.2, 0.25) is 0 Å². The molecule has 1 amide bonds. The second kappa shape index (κ2) is 7.19. The van der Waals surface area contributed by atoms with E-state index in [1.165, 1.54) is 16.9 Å². The molecule has 4 aromatic rings. The Morgan fingerprint density at radius 2 is 1.90 bits per heavy atom. The zero-order valence-electron chi connectivity index (χ0n) is 15.7. The molecule has 0 aliphatic heterocycles. The standard InChI is InChI=1S/C23H18N4OS/c24-13-14-9-11-15(12-10-14)22(28)27-23-20(16-5-1-4-8-19(16)29-23)21-25-17-6-2-3-7-18(17)26-21/h2-3,6-7,9-12H,1,4-5,8H2,(H,25,26)(H,27,28). The molecule has 2 aromatic heterocycles. The zero-order valence-corrected chi connectivity index (χ0v) is 16.5. The van der Waals surface area contributed by atoms with Gasteiger partial charge in [-0.1, -0.05) is 12.1 Å². The molecule has 6 heteroatoms. The van der Waals surface area contributed by atoms with Crippen molar-refractivity contribution in [3.05, 3.63) is 70.1 Å². The van der Waals surface area contributed by atoms with Gasteiger partial charge in [0.25, 0.3) is 5.91 Å². The lowest BCUT2D eigenvalue weighted by molar-refractivity contribution is 0.102. The summed E-state index contributed by atoms with van der Waals surface area (Å²) in [6.45, 7) is 0. The first-order valence-corrected chi connectivity index (χ1v) is 10.5. The molecule has 29 heavy (non-hydrogen) atoms. The normalized spacial score (nSPS) is 13.1. The molecule has 0 saturated carbocycles. The molecule has 2 aromatic carbocycles. The molecular formula is C23H18N4OS. The minimum atomic E-state index is -0.176. The van der Waals surface area contributed by atoms with E-state index in [0.29, 0.717) is 11.1 Å². The third-order valence-corrected chi connectivity index (χ3v) is 6.51. The van der Waals surface area contributed by atoms with E-state index in [2.05, 4.69) is 16.4 Å². The summed E-state index contributed by atoms with van der Waals surface area (Å²) in [7, 11) is 0. The summed E-state index contributed by atoms with van der Waals surface area (Å²) in [5.74, 6) is 0.631. The molecule has 0 radical (unpaired) electrons. The maximum Gasteiger partial charge on any atom is 0.256 e. The molecule has 142 valence electrons. The third-order valence-electron chi connectivity index (χ3n) is 5.30. The smallest absolute Gasteiger partial charge is 0.256 e. The van der Waals surface area contributed by atoms with Crippen LogP contribution in [-0.2, 0) is 12.8 Å². The zero-order chi connectivity index (χ0) is 19.8. The Balaban J connectivity index is 1.56. The monoisotopic (exact) mass is 398 g/mol. The van der Waals surface area contributed by atoms with E-state index in [-0.39, 0.29) is 5.91 Å². The SMILES string of the molecule is N#Cc1ccc(C(=O)Nc2sc3c(c2-c2nc4ccccc4[nH]2)CCCC3)cc1. The molecule has 0 spiro atoms. The van der Waals surface area contributed by atoms with Crippen molar-refractivity contribution >= 4 is 33.3 Å². The molecule has 1 aliphatic carbocycles. The van der Waals surface area contributed by atoms with Crippen molar-refractivity contribution in [1.82, 2.24) is 9.97 Å². The lowest BCUT2D eigenvalue weighted by Crippen LogP contribution is -2.11. The average Bonchev–Trinajstić information content (AvgIpc) is 3.34. The number of H-pyrrole nitrogens is 1. The second-order valence-corrected chi connectivity index (χ2v) is 8.27. The molecule has 0 atom stereocenters. The van der Waals surface area contributed by atoms with Crippen LogP contribution < -0.4 is 5.32 Å². The van der Waals surface area contributed by atoms with E-state index in [0.717, 1.165) is 46.7 Å². The predicted octanol–water partition coefficient (Wildman–Crippen LogP) is 5.29. The first kappa shape index (κ1) is 17.7. The Kier molecular flexibility index (Phi) is 4.38. The van der Waals surface area contributed by atoms with Gasteiger partial charge in [0.05, 0.1) is 28.2 Å². The topological polar surface area (TPSA) is 81.6 Å². The fourth-order valence-corrected chi connectivity index (χ4v) is 5.13. The second-order valence-electron chi connectivity index (χ2n) is 7.16. The van der Waals surface area contributed by atoms with Gasteiger partial charge in [0.1, 0.15) is 10.8 Å². The number of nitriles is 1. The summed E-state index contributed by atoms with van der Waals surface area (Å²) in [4.78, 5) is 22.4. The Morgan fingerprint density at radius 1 is 1.10 bits per heavy atom. The first-order valence-electron chi connectivity index (χ1n) is 9.64. The Bertz CT molecular complexity index is 1230. The number of benzene rings is 2. The number of anilines is 1. The Morgan fingerprint density at radius 3 is 2.69 bits per heavy atom. The van der Waals surface area contributed by atoms with Crippen LogP contribution in [0.4, 0.5) is 5.00 Å². The van der Waals surface area contributed by atoms with Gasteiger partial charge in [0.15, 0.2) is 0 Å². The molecule has 0 saturated heterocycles. The largest absolute Gasteiger partial charge is 0.338 e. The van der Waals surface area contributed by atoms with Crippen molar-refractivity contribution in [2.24, 2.45) is 0 Å². The third kappa shape index (κ3) is 3.20. The molecule has 1 aliphatic rings. The van der Waals surface area contributed by atoms with Gasteiger partial charge in [0, 0.05) is 10.4 Å². The van der Waals surface area contributed by atoms with Crippen molar-refractivity contribution in [2.75, 3.05) is 5.32 Å². The van der Waals surface area contributed by atoms with Crippen molar-refractivity contribution < 1.29 is 4.79 Å². The number of amides is 1. The lowest BCUT2D eigenvalue weighted by Gasteiger charge is -2.12. The highest BCUT2D eigenvalue weighted by atomic mass is 32.1. The number of aromatic nitrogens is 2. The summed E-state index contributed by atoms with van der Waals surface area (Å²) < 4.78 is 0. The van der Waals surface area contributed by atoms with Crippen LogP contribution in [0.15, 0.2) is 48.5 Å². The highest BCUT2D eigenvalue weighted by Gasteiger charge is 2.25. The number of hydrogen-bond donors (Lipinski definition) is 2. The molecule has 2 N–H and O–H groups in total. The Hall–Kier alpha value is -3.43. The fourth-order valence-electron chi connectivity index (χ4n) is 3.85. The molecular weight excluding hydrogens is 380 g/mol. The summed E-state index contributed by atoms with van der Waals surface area (Å²) in [6, 6.07) is 16.7. The highest BCUT2D eigenvalue weighted by Crippen LogP contribution is 2.43. The van der Waals surface area contributed by atoms with Crippen LogP contribution in [0, 0.1) is 11.3 Å². The maximum absolute atomic E-state index is 12.9. The Labute approximate surface area is 172 Å². The minimum absolute atomic E-state index is 0.176. The fraction of sp³-hybridized carbons (Fsp3) is 0.174. The number of carbonyl (C=O) groups excluding carboxylic acids is 1. The maximum atomic E-state index is 12.9. The van der Waals surface area contributed by atoms with Gasteiger partial charge in [-0.3, -0.25) is 4.79 Å². The lowest BCUT2D eigenvalue weighted by atomic mass is 9.95. The van der Waals surface area contributed by atoms with Gasteiger partial charge in [-0.05, 0) is 67.6 Å². The van der Waals surface area contributed by atoms with E-state index in [9.17, 15) is 4.79 Å². The predicted molar refractivity (Wildman–Crippen MR) is 115 cm³/mol. The van der Waals surface area contributed by atoms with Crippen molar-refractivity contribution in [3.63, 3.8) is 0 Å². The highest BCUT2D eigenvalue weighted by molar-refractivity contribution is 7.17. The van der Waals surface area contributed by atoms with Gasteiger partial charge >= 0.3 is 0 Å². The average molecular weight is 398 g/mol. The number of aromatic amines is 1. The van der Waals surface area contributed by atoms with Crippen LogP contribution >= 0.6 is 11.3 Å². The van der Waals surface area contributed by atoms with Gasteiger partial charge < -0.3 is 10.3 Å². The molecule has 0 unspecified atom stereocenters. The molecule has 5 nitrogen and oxygen atoms in total. The summed E-state index contributed by atoms with van der Waals surface area (Å²) in [5.41, 5.74) is 5.30. The van der Waals surface area contributed by atoms with Crippen LogP contribution in [0.25, 0.3) is 22.4 Å². The number of nitrogens with one attached hydrogen (secondary N) is 2. The summed E-state index contributed by atoms with van der Waals surface area (Å²) in [6.07, 6.45) is 4.38. The minimum Gasteiger partial charge on any atom is -0.338 e. The molecule has 2 heterocycles.